The molecule has 32 heavy (non-hydrogen) atoms. The van der Waals surface area contributed by atoms with E-state index >= 15 is 0 Å². The minimum atomic E-state index is -3.94. The first-order valence-corrected chi connectivity index (χ1v) is 11.9. The van der Waals surface area contributed by atoms with Crippen LogP contribution in [0.1, 0.15) is 13.8 Å². The summed E-state index contributed by atoms with van der Waals surface area (Å²) in [5, 5.41) is 1.61. The topological polar surface area (TPSA) is 127 Å². The van der Waals surface area contributed by atoms with E-state index in [0.29, 0.717) is 48.4 Å². The molecule has 0 spiro atoms. The van der Waals surface area contributed by atoms with Crippen molar-refractivity contribution in [2.75, 3.05) is 29.9 Å². The van der Waals surface area contributed by atoms with Crippen LogP contribution >= 0.6 is 0 Å². The molecular weight excluding hydrogens is 436 g/mol. The van der Waals surface area contributed by atoms with Crippen LogP contribution in [-0.2, 0) is 14.8 Å². The van der Waals surface area contributed by atoms with Gasteiger partial charge in [-0.3, -0.25) is 14.9 Å². The molecule has 11 heteroatoms. The zero-order valence-electron chi connectivity index (χ0n) is 17.8. The summed E-state index contributed by atoms with van der Waals surface area (Å²) in [5.74, 6) is 0.455. The largest absolute Gasteiger partial charge is 0.494 e. The van der Waals surface area contributed by atoms with Crippen LogP contribution in [-0.4, -0.2) is 45.6 Å². The Kier molecular flexibility index (Phi) is 6.40. The van der Waals surface area contributed by atoms with Gasteiger partial charge >= 0.3 is 0 Å². The number of hydrogen-bond donors (Lipinski definition) is 4. The van der Waals surface area contributed by atoms with Gasteiger partial charge in [0.25, 0.3) is 10.0 Å². The van der Waals surface area contributed by atoms with Crippen LogP contribution in [0.2, 0.25) is 0 Å². The summed E-state index contributed by atoms with van der Waals surface area (Å²) in [5.41, 5.74) is 6.46. The van der Waals surface area contributed by atoms with Gasteiger partial charge < -0.3 is 19.5 Å². The highest BCUT2D eigenvalue weighted by Crippen LogP contribution is 2.33. The van der Waals surface area contributed by atoms with Crippen LogP contribution in [0.5, 0.6) is 17.2 Å². The van der Waals surface area contributed by atoms with E-state index in [9.17, 15) is 13.2 Å². The lowest BCUT2D eigenvalue weighted by molar-refractivity contribution is -0.119. The zero-order valence-corrected chi connectivity index (χ0v) is 18.6. The lowest BCUT2D eigenvalue weighted by Gasteiger charge is -2.22. The van der Waals surface area contributed by atoms with Crippen molar-refractivity contribution in [1.82, 2.24) is 10.9 Å². The van der Waals surface area contributed by atoms with Crippen LogP contribution in [0.3, 0.4) is 0 Å². The van der Waals surface area contributed by atoms with Crippen LogP contribution in [0, 0.1) is 5.92 Å². The highest BCUT2D eigenvalue weighted by molar-refractivity contribution is 7.93. The second kappa shape index (κ2) is 9.23. The second-order valence-corrected chi connectivity index (χ2v) is 9.28. The number of hydrogen-bond acceptors (Lipinski definition) is 8. The summed E-state index contributed by atoms with van der Waals surface area (Å²) in [6.45, 7) is 5.02. The number of carbonyl (C=O) groups is 1. The molecular formula is C21H26N4O6S. The molecule has 1 fully saturated rings. The van der Waals surface area contributed by atoms with Crippen molar-refractivity contribution >= 4 is 27.3 Å². The van der Waals surface area contributed by atoms with Crippen LogP contribution in [0.15, 0.2) is 42.5 Å². The number of carbonyl (C=O) groups excluding carboxylic acids is 1. The van der Waals surface area contributed by atoms with E-state index in [2.05, 4.69) is 20.9 Å². The van der Waals surface area contributed by atoms with Crippen molar-refractivity contribution in [1.29, 1.82) is 0 Å². The molecule has 2 aromatic rings. The molecule has 2 heterocycles. The van der Waals surface area contributed by atoms with Crippen molar-refractivity contribution in [3.8, 4) is 17.2 Å². The van der Waals surface area contributed by atoms with Crippen LogP contribution < -0.4 is 35.1 Å². The number of anilines is 2. The third-order valence-corrected chi connectivity index (χ3v) is 6.79. The number of rotatable bonds is 7. The van der Waals surface area contributed by atoms with Gasteiger partial charge in [0.1, 0.15) is 19.0 Å². The monoisotopic (exact) mass is 462 g/mol. The molecule has 4 N–H and O–H groups in total. The summed E-state index contributed by atoms with van der Waals surface area (Å²) >= 11 is 0. The fraction of sp³-hybridized carbons (Fsp3) is 0.381. The lowest BCUT2D eigenvalue weighted by atomic mass is 10.0. The Labute approximate surface area is 186 Å². The lowest BCUT2D eigenvalue weighted by Crippen LogP contribution is -2.45. The number of amides is 1. The standard InChI is InChI=1S/C21H26N4O6S/c1-3-29-16-7-4-14(5-8-16)25-32(27,28)21-19(13(2)23-24-21)20(26)22-15-6-9-17-18(12-15)31-11-10-30-17/h4-9,12-13,19,21,23-25H,3,10-11H2,1-2H3,(H,22,26). The molecule has 2 aromatic carbocycles. The first kappa shape index (κ1) is 22.2. The number of sulfonamides is 1. The fourth-order valence-corrected chi connectivity index (χ4v) is 5.21. The van der Waals surface area contributed by atoms with Gasteiger partial charge in [0.15, 0.2) is 16.9 Å². The number of nitrogens with one attached hydrogen (secondary N) is 4. The predicted octanol–water partition coefficient (Wildman–Crippen LogP) is 1.68. The fourth-order valence-electron chi connectivity index (χ4n) is 3.65. The molecule has 0 bridgehead atoms. The quantitative estimate of drug-likeness (QED) is 0.490. The summed E-state index contributed by atoms with van der Waals surface area (Å²) < 4.78 is 45.1. The smallest absolute Gasteiger partial charge is 0.250 e. The van der Waals surface area contributed by atoms with Gasteiger partial charge in [-0.2, -0.15) is 0 Å². The van der Waals surface area contributed by atoms with E-state index in [1.165, 1.54) is 0 Å². The Balaban J connectivity index is 1.48. The Morgan fingerprint density at radius 3 is 2.47 bits per heavy atom. The van der Waals surface area contributed by atoms with E-state index in [1.807, 2.05) is 6.92 Å². The molecule has 172 valence electrons. The maximum absolute atomic E-state index is 13.1. The maximum atomic E-state index is 13.1. The van der Waals surface area contributed by atoms with Crippen LogP contribution in [0.4, 0.5) is 11.4 Å². The summed E-state index contributed by atoms with van der Waals surface area (Å²) in [6, 6.07) is 11.2. The summed E-state index contributed by atoms with van der Waals surface area (Å²) in [4.78, 5) is 13.0. The number of hydrazine groups is 1. The average molecular weight is 463 g/mol. The van der Waals surface area contributed by atoms with Crippen molar-refractivity contribution in [3.05, 3.63) is 42.5 Å². The van der Waals surface area contributed by atoms with Gasteiger partial charge in [-0.1, -0.05) is 0 Å². The Morgan fingerprint density at radius 2 is 1.75 bits per heavy atom. The molecule has 0 radical (unpaired) electrons. The molecule has 2 aliphatic rings. The van der Waals surface area contributed by atoms with Gasteiger partial charge in [-0.05, 0) is 50.2 Å². The minimum Gasteiger partial charge on any atom is -0.494 e. The van der Waals surface area contributed by atoms with E-state index in [-0.39, 0.29) is 0 Å². The number of fused-ring (bicyclic) bond motifs is 1. The number of benzene rings is 2. The minimum absolute atomic E-state index is 0.376. The first-order chi connectivity index (χ1) is 15.4. The second-order valence-electron chi connectivity index (χ2n) is 7.48. The number of ether oxygens (including phenoxy) is 3. The van der Waals surface area contributed by atoms with Crippen molar-refractivity contribution in [2.45, 2.75) is 25.3 Å². The van der Waals surface area contributed by atoms with Gasteiger partial charge in [0.05, 0.1) is 12.5 Å². The summed E-state index contributed by atoms with van der Waals surface area (Å²) in [6.07, 6.45) is 0. The van der Waals surface area contributed by atoms with Gasteiger partial charge in [0, 0.05) is 23.5 Å². The maximum Gasteiger partial charge on any atom is 0.250 e. The van der Waals surface area contributed by atoms with E-state index in [4.69, 9.17) is 14.2 Å². The first-order valence-electron chi connectivity index (χ1n) is 10.3. The van der Waals surface area contributed by atoms with Gasteiger partial charge in [0.2, 0.25) is 5.91 Å². The molecule has 0 saturated carbocycles. The molecule has 0 aromatic heterocycles. The Hall–Kier alpha value is -3.02. The van der Waals surface area contributed by atoms with Gasteiger partial charge in [-0.15, -0.1) is 0 Å². The SMILES string of the molecule is CCOc1ccc(NS(=O)(=O)C2NNC(C)C2C(=O)Nc2ccc3c(c2)OCCO3)cc1. The molecule has 1 amide bonds. The normalized spacial score (nSPS) is 22.2. The molecule has 2 aliphatic heterocycles. The van der Waals surface area contributed by atoms with Gasteiger partial charge in [-0.25, -0.2) is 13.8 Å². The van der Waals surface area contributed by atoms with E-state index in [1.54, 1.807) is 49.4 Å². The van der Waals surface area contributed by atoms with E-state index in [0.717, 1.165) is 0 Å². The molecule has 10 nitrogen and oxygen atoms in total. The zero-order chi connectivity index (χ0) is 22.7. The third-order valence-electron chi connectivity index (χ3n) is 5.19. The highest BCUT2D eigenvalue weighted by Gasteiger charge is 2.46. The molecule has 0 aliphatic carbocycles. The van der Waals surface area contributed by atoms with Crippen LogP contribution in [0.25, 0.3) is 0 Å². The molecule has 4 rings (SSSR count). The average Bonchev–Trinajstić information content (AvgIpc) is 3.17. The Bertz CT molecular complexity index is 1080. The van der Waals surface area contributed by atoms with E-state index < -0.39 is 33.3 Å². The van der Waals surface area contributed by atoms with Crippen molar-refractivity contribution in [2.24, 2.45) is 5.92 Å². The molecule has 3 atom stereocenters. The molecule has 1 saturated heterocycles. The highest BCUT2D eigenvalue weighted by atomic mass is 32.2. The van der Waals surface area contributed by atoms with Crippen molar-refractivity contribution < 1.29 is 27.4 Å². The third kappa shape index (κ3) is 4.74. The predicted molar refractivity (Wildman–Crippen MR) is 119 cm³/mol. The van der Waals surface area contributed by atoms with Crippen molar-refractivity contribution in [3.63, 3.8) is 0 Å². The Morgan fingerprint density at radius 1 is 1.06 bits per heavy atom. The summed E-state index contributed by atoms with van der Waals surface area (Å²) in [7, 11) is -3.94. The molecule has 3 unspecified atom stereocenters.